The third kappa shape index (κ3) is 3.14. The Morgan fingerprint density at radius 3 is 2.45 bits per heavy atom. The third-order valence-corrected chi connectivity index (χ3v) is 4.74. The fourth-order valence-electron chi connectivity index (χ4n) is 1.46. The number of esters is 1. The lowest BCUT2D eigenvalue weighted by molar-refractivity contribution is 0.0600. The molecule has 1 aromatic heterocycles. The topological polar surface area (TPSA) is 85.4 Å². The number of aryl methyl sites for hydroxylation is 1. The summed E-state index contributed by atoms with van der Waals surface area (Å²) in [6, 6.07) is 5.48. The van der Waals surface area contributed by atoms with E-state index in [1.165, 1.54) is 42.7 Å². The minimum absolute atomic E-state index is 0.0537. The summed E-state index contributed by atoms with van der Waals surface area (Å²) in [7, 11) is -2.44. The van der Waals surface area contributed by atoms with Gasteiger partial charge in [0.1, 0.15) is 0 Å². The van der Waals surface area contributed by atoms with Gasteiger partial charge in [0.15, 0.2) is 5.13 Å². The summed E-state index contributed by atoms with van der Waals surface area (Å²) in [6.07, 6.45) is 1.59. The monoisotopic (exact) mass is 312 g/mol. The van der Waals surface area contributed by atoms with Gasteiger partial charge in [0.25, 0.3) is 10.0 Å². The smallest absolute Gasteiger partial charge is 0.337 e. The lowest BCUT2D eigenvalue weighted by Gasteiger charge is -2.05. The molecule has 6 nitrogen and oxygen atoms in total. The number of sulfonamides is 1. The highest BCUT2D eigenvalue weighted by Crippen LogP contribution is 2.21. The quantitative estimate of drug-likeness (QED) is 0.873. The number of methoxy groups -OCH3 is 1. The van der Waals surface area contributed by atoms with Crippen molar-refractivity contribution in [2.24, 2.45) is 0 Å². The van der Waals surface area contributed by atoms with E-state index in [9.17, 15) is 13.2 Å². The first-order valence-electron chi connectivity index (χ1n) is 5.56. The molecule has 0 aliphatic rings. The van der Waals surface area contributed by atoms with E-state index in [1.54, 1.807) is 6.20 Å². The van der Waals surface area contributed by atoms with Crippen molar-refractivity contribution < 1.29 is 17.9 Å². The van der Waals surface area contributed by atoms with E-state index in [1.807, 2.05) is 6.92 Å². The van der Waals surface area contributed by atoms with Crippen molar-refractivity contribution >= 4 is 32.5 Å². The van der Waals surface area contributed by atoms with Gasteiger partial charge in [-0.2, -0.15) is 0 Å². The fraction of sp³-hybridized carbons (Fsp3) is 0.167. The summed E-state index contributed by atoms with van der Waals surface area (Å²) in [5, 5.41) is 0.305. The van der Waals surface area contributed by atoms with E-state index in [4.69, 9.17) is 0 Å². The Balaban J connectivity index is 2.23. The number of carbonyl (C=O) groups is 1. The maximum absolute atomic E-state index is 12.1. The van der Waals surface area contributed by atoms with Crippen molar-refractivity contribution in [1.82, 2.24) is 4.98 Å². The van der Waals surface area contributed by atoms with E-state index in [0.29, 0.717) is 5.13 Å². The van der Waals surface area contributed by atoms with E-state index >= 15 is 0 Å². The van der Waals surface area contributed by atoms with Crippen LogP contribution in [0.15, 0.2) is 35.4 Å². The molecule has 0 amide bonds. The number of carbonyl (C=O) groups excluding carboxylic acids is 1. The number of hydrogen-bond acceptors (Lipinski definition) is 6. The number of benzene rings is 1. The molecule has 0 aliphatic heterocycles. The molecule has 0 bridgehead atoms. The molecule has 0 unspecified atom stereocenters. The maximum Gasteiger partial charge on any atom is 0.337 e. The molecule has 2 rings (SSSR count). The number of thiazole rings is 1. The van der Waals surface area contributed by atoms with Crippen LogP contribution in [0, 0.1) is 6.92 Å². The Hall–Kier alpha value is -1.93. The highest BCUT2D eigenvalue weighted by molar-refractivity contribution is 7.93. The molecule has 0 saturated carbocycles. The largest absolute Gasteiger partial charge is 0.465 e. The lowest BCUT2D eigenvalue weighted by atomic mass is 10.2. The number of aromatic nitrogens is 1. The predicted molar refractivity (Wildman–Crippen MR) is 75.4 cm³/mol. The first kappa shape index (κ1) is 14.5. The van der Waals surface area contributed by atoms with E-state index in [-0.39, 0.29) is 10.5 Å². The van der Waals surface area contributed by atoms with Gasteiger partial charge in [-0.15, -0.1) is 11.3 Å². The van der Waals surface area contributed by atoms with Crippen LogP contribution in [-0.2, 0) is 14.8 Å². The molecular weight excluding hydrogens is 300 g/mol. The molecule has 1 aromatic carbocycles. The van der Waals surface area contributed by atoms with Gasteiger partial charge in [-0.1, -0.05) is 0 Å². The summed E-state index contributed by atoms with van der Waals surface area (Å²) >= 11 is 1.25. The zero-order valence-electron chi connectivity index (χ0n) is 10.8. The molecule has 0 aliphatic carbocycles. The van der Waals surface area contributed by atoms with Crippen LogP contribution in [-0.4, -0.2) is 26.5 Å². The van der Waals surface area contributed by atoms with Gasteiger partial charge in [-0.3, -0.25) is 4.72 Å². The highest BCUT2D eigenvalue weighted by Gasteiger charge is 2.16. The average molecular weight is 312 g/mol. The standard InChI is InChI=1S/C12H12N2O4S2/c1-8-7-13-12(19-8)14-20(16,17)10-5-3-9(4-6-10)11(15)18-2/h3-7H,1-2H3,(H,13,14). The fourth-order valence-corrected chi connectivity index (χ4v) is 3.37. The van der Waals surface area contributed by atoms with E-state index < -0.39 is 16.0 Å². The highest BCUT2D eigenvalue weighted by atomic mass is 32.2. The second-order valence-electron chi connectivity index (χ2n) is 3.90. The van der Waals surface area contributed by atoms with Crippen LogP contribution in [0.25, 0.3) is 0 Å². The molecule has 0 spiro atoms. The van der Waals surface area contributed by atoms with Gasteiger partial charge < -0.3 is 4.74 Å². The third-order valence-electron chi connectivity index (χ3n) is 2.43. The van der Waals surface area contributed by atoms with Crippen molar-refractivity contribution in [3.05, 3.63) is 40.9 Å². The zero-order chi connectivity index (χ0) is 14.8. The summed E-state index contributed by atoms with van der Waals surface area (Å²) < 4.78 is 31.1. The zero-order valence-corrected chi connectivity index (χ0v) is 12.4. The number of rotatable bonds is 4. The lowest BCUT2D eigenvalue weighted by Crippen LogP contribution is -2.13. The van der Waals surface area contributed by atoms with E-state index in [2.05, 4.69) is 14.4 Å². The summed E-state index contributed by atoms with van der Waals surface area (Å²) in [5.41, 5.74) is 0.288. The minimum Gasteiger partial charge on any atom is -0.465 e. The van der Waals surface area contributed by atoms with Crippen molar-refractivity contribution in [3.8, 4) is 0 Å². The molecule has 0 radical (unpaired) electrons. The van der Waals surface area contributed by atoms with Crippen molar-refractivity contribution in [2.45, 2.75) is 11.8 Å². The maximum atomic E-state index is 12.1. The van der Waals surface area contributed by atoms with Gasteiger partial charge in [0.2, 0.25) is 0 Å². The van der Waals surface area contributed by atoms with Crippen LogP contribution in [0.3, 0.4) is 0 Å². The predicted octanol–water partition coefficient (Wildman–Crippen LogP) is 2.04. The second-order valence-corrected chi connectivity index (χ2v) is 6.81. The number of nitrogens with one attached hydrogen (secondary N) is 1. The SMILES string of the molecule is COC(=O)c1ccc(S(=O)(=O)Nc2ncc(C)s2)cc1. The summed E-state index contributed by atoms with van der Waals surface area (Å²) in [5.74, 6) is -0.516. The van der Waals surface area contributed by atoms with Gasteiger partial charge >= 0.3 is 5.97 Å². The normalized spacial score (nSPS) is 11.1. The molecule has 0 saturated heterocycles. The first-order chi connectivity index (χ1) is 9.42. The molecule has 8 heteroatoms. The number of hydrogen-bond donors (Lipinski definition) is 1. The van der Waals surface area contributed by atoms with Gasteiger partial charge in [-0.25, -0.2) is 18.2 Å². The van der Waals surface area contributed by atoms with Gasteiger partial charge in [0, 0.05) is 11.1 Å². The molecule has 1 heterocycles. The number of anilines is 1. The number of ether oxygens (including phenoxy) is 1. The Kier molecular flexibility index (Phi) is 4.05. The Labute approximate surface area is 120 Å². The first-order valence-corrected chi connectivity index (χ1v) is 7.86. The molecule has 2 aromatic rings. The van der Waals surface area contributed by atoms with Crippen molar-refractivity contribution in [1.29, 1.82) is 0 Å². The summed E-state index contributed by atoms with van der Waals surface area (Å²) in [6.45, 7) is 1.83. The van der Waals surface area contributed by atoms with Crippen molar-refractivity contribution in [2.75, 3.05) is 11.8 Å². The second kappa shape index (κ2) is 5.59. The minimum atomic E-state index is -3.70. The average Bonchev–Trinajstić information content (AvgIpc) is 2.82. The Morgan fingerprint density at radius 2 is 1.95 bits per heavy atom. The van der Waals surface area contributed by atoms with Gasteiger partial charge in [-0.05, 0) is 31.2 Å². The molecule has 0 fully saturated rings. The van der Waals surface area contributed by atoms with Gasteiger partial charge in [0.05, 0.1) is 17.6 Å². The molecule has 1 N–H and O–H groups in total. The molecular formula is C12H12N2O4S2. The van der Waals surface area contributed by atoms with Crippen LogP contribution in [0.1, 0.15) is 15.2 Å². The Bertz CT molecular complexity index is 720. The van der Waals surface area contributed by atoms with Crippen LogP contribution < -0.4 is 4.72 Å². The molecule has 106 valence electrons. The van der Waals surface area contributed by atoms with Crippen molar-refractivity contribution in [3.63, 3.8) is 0 Å². The number of nitrogens with zero attached hydrogens (tertiary/aromatic N) is 1. The summed E-state index contributed by atoms with van der Waals surface area (Å²) in [4.78, 5) is 16.2. The molecule has 0 atom stereocenters. The van der Waals surface area contributed by atoms with Crippen LogP contribution in [0.4, 0.5) is 5.13 Å². The van der Waals surface area contributed by atoms with E-state index in [0.717, 1.165) is 4.88 Å². The Morgan fingerprint density at radius 1 is 1.30 bits per heavy atom. The molecule has 20 heavy (non-hydrogen) atoms. The van der Waals surface area contributed by atoms with Crippen LogP contribution in [0.5, 0.6) is 0 Å². The van der Waals surface area contributed by atoms with Crippen LogP contribution >= 0.6 is 11.3 Å². The van der Waals surface area contributed by atoms with Crippen LogP contribution in [0.2, 0.25) is 0 Å².